The Balaban J connectivity index is 3.43. The van der Waals surface area contributed by atoms with Gasteiger partial charge < -0.3 is 9.99 Å². The summed E-state index contributed by atoms with van der Waals surface area (Å²) in [6.07, 6.45) is 0.866. The van der Waals surface area contributed by atoms with Gasteiger partial charge >= 0.3 is 11.9 Å². The van der Waals surface area contributed by atoms with Gasteiger partial charge in [-0.25, -0.2) is 4.79 Å². The van der Waals surface area contributed by atoms with Gasteiger partial charge in [-0.2, -0.15) is 5.26 Å². The molecule has 1 atom stereocenters. The largest absolute Gasteiger partial charge is 0.481 e. The second kappa shape index (κ2) is 5.54. The maximum absolute atomic E-state index is 10.3. The summed E-state index contributed by atoms with van der Waals surface area (Å²) in [5, 5.41) is 16.3. The highest BCUT2D eigenvalue weighted by Gasteiger charge is 2.11. The lowest BCUT2D eigenvalue weighted by atomic mass is 10.0. The Hall–Kier alpha value is -1.10. The SMILES string of the molecule is CC(CCCC(=O)OO)C(=O)O. The smallest absolute Gasteiger partial charge is 0.342 e. The third kappa shape index (κ3) is 4.68. The van der Waals surface area contributed by atoms with Crippen molar-refractivity contribution >= 4 is 11.9 Å². The van der Waals surface area contributed by atoms with E-state index in [4.69, 9.17) is 10.4 Å². The molecule has 5 nitrogen and oxygen atoms in total. The van der Waals surface area contributed by atoms with Gasteiger partial charge in [-0.1, -0.05) is 6.92 Å². The lowest BCUT2D eigenvalue weighted by molar-refractivity contribution is -0.234. The molecule has 0 aromatic carbocycles. The molecule has 0 bridgehead atoms. The van der Waals surface area contributed by atoms with E-state index >= 15 is 0 Å². The van der Waals surface area contributed by atoms with Gasteiger partial charge in [0.2, 0.25) is 0 Å². The van der Waals surface area contributed by atoms with E-state index in [0.717, 1.165) is 0 Å². The van der Waals surface area contributed by atoms with Crippen LogP contribution in [0.3, 0.4) is 0 Å². The average Bonchev–Trinajstić information content (AvgIpc) is 2.03. The molecule has 0 amide bonds. The molecule has 0 aliphatic heterocycles. The first-order chi connectivity index (χ1) is 5.57. The molecule has 0 rings (SSSR count). The average molecular weight is 176 g/mol. The van der Waals surface area contributed by atoms with E-state index in [2.05, 4.69) is 4.89 Å². The number of hydrogen-bond donors (Lipinski definition) is 2. The van der Waals surface area contributed by atoms with Crippen molar-refractivity contribution < 1.29 is 24.8 Å². The fourth-order valence-electron chi connectivity index (χ4n) is 0.722. The topological polar surface area (TPSA) is 83.8 Å². The second-order valence-corrected chi connectivity index (χ2v) is 2.59. The van der Waals surface area contributed by atoms with Gasteiger partial charge in [0.05, 0.1) is 5.92 Å². The van der Waals surface area contributed by atoms with Crippen LogP contribution in [0.4, 0.5) is 0 Å². The number of carbonyl (C=O) groups is 2. The minimum atomic E-state index is -0.882. The van der Waals surface area contributed by atoms with E-state index in [-0.39, 0.29) is 6.42 Å². The van der Waals surface area contributed by atoms with Crippen molar-refractivity contribution in [2.45, 2.75) is 26.2 Å². The molecule has 1 unspecified atom stereocenters. The quantitative estimate of drug-likeness (QED) is 0.480. The normalized spacial score (nSPS) is 12.2. The van der Waals surface area contributed by atoms with Crippen molar-refractivity contribution in [2.75, 3.05) is 0 Å². The number of carboxylic acid groups (broad SMARTS) is 1. The third-order valence-corrected chi connectivity index (χ3v) is 1.54. The molecule has 0 aliphatic carbocycles. The molecule has 0 saturated carbocycles. The lowest BCUT2D eigenvalue weighted by Crippen LogP contribution is -2.10. The summed E-state index contributed by atoms with van der Waals surface area (Å²) in [6.45, 7) is 1.56. The molecule has 0 radical (unpaired) electrons. The molecule has 0 aromatic rings. The lowest BCUT2D eigenvalue weighted by Gasteiger charge is -2.03. The fourth-order valence-corrected chi connectivity index (χ4v) is 0.722. The Bertz CT molecular complexity index is 165. The summed E-state index contributed by atoms with van der Waals surface area (Å²) < 4.78 is 0. The van der Waals surface area contributed by atoms with Crippen molar-refractivity contribution in [1.82, 2.24) is 0 Å². The molecular weight excluding hydrogens is 164 g/mol. The Morgan fingerprint density at radius 1 is 1.50 bits per heavy atom. The molecule has 0 fully saturated rings. The first-order valence-electron chi connectivity index (χ1n) is 3.65. The van der Waals surface area contributed by atoms with E-state index in [9.17, 15) is 9.59 Å². The van der Waals surface area contributed by atoms with Crippen molar-refractivity contribution in [2.24, 2.45) is 5.92 Å². The zero-order valence-electron chi connectivity index (χ0n) is 6.82. The first-order valence-corrected chi connectivity index (χ1v) is 3.65. The minimum absolute atomic E-state index is 0.0497. The number of carboxylic acids is 1. The molecule has 12 heavy (non-hydrogen) atoms. The van der Waals surface area contributed by atoms with E-state index in [0.29, 0.717) is 12.8 Å². The van der Waals surface area contributed by atoms with Crippen molar-refractivity contribution in [3.05, 3.63) is 0 Å². The Morgan fingerprint density at radius 2 is 2.08 bits per heavy atom. The highest BCUT2D eigenvalue weighted by Crippen LogP contribution is 2.07. The van der Waals surface area contributed by atoms with Crippen LogP contribution in [-0.4, -0.2) is 22.3 Å². The molecule has 0 heterocycles. The molecule has 0 aliphatic rings. The van der Waals surface area contributed by atoms with Gasteiger partial charge in [0.25, 0.3) is 0 Å². The maximum Gasteiger partial charge on any atom is 0.342 e. The Kier molecular flexibility index (Phi) is 5.03. The van der Waals surface area contributed by atoms with Crippen molar-refractivity contribution in [1.29, 1.82) is 0 Å². The van der Waals surface area contributed by atoms with Crippen molar-refractivity contribution in [3.63, 3.8) is 0 Å². The molecule has 0 saturated heterocycles. The van der Waals surface area contributed by atoms with Crippen molar-refractivity contribution in [3.8, 4) is 0 Å². The Morgan fingerprint density at radius 3 is 2.50 bits per heavy atom. The predicted molar refractivity (Wildman–Crippen MR) is 39.4 cm³/mol. The standard InChI is InChI=1S/C7H12O5/c1-5(7(9)10)3-2-4-6(8)12-11/h5,11H,2-4H2,1H3,(H,9,10). The fraction of sp³-hybridized carbons (Fsp3) is 0.714. The van der Waals surface area contributed by atoms with Gasteiger partial charge in [-0.15, -0.1) is 0 Å². The summed E-state index contributed by atoms with van der Waals surface area (Å²) >= 11 is 0. The number of carbonyl (C=O) groups excluding carboxylic acids is 1. The number of aliphatic carboxylic acids is 1. The van der Waals surface area contributed by atoms with Crippen LogP contribution < -0.4 is 0 Å². The van der Waals surface area contributed by atoms with E-state index in [1.54, 1.807) is 6.92 Å². The van der Waals surface area contributed by atoms with Gasteiger partial charge in [0.15, 0.2) is 0 Å². The zero-order chi connectivity index (χ0) is 9.56. The summed E-state index contributed by atoms with van der Waals surface area (Å²) in [7, 11) is 0. The van der Waals surface area contributed by atoms with Crippen LogP contribution in [0.25, 0.3) is 0 Å². The number of hydrogen-bond acceptors (Lipinski definition) is 4. The van der Waals surface area contributed by atoms with E-state index in [1.165, 1.54) is 0 Å². The highest BCUT2D eigenvalue weighted by atomic mass is 17.1. The summed E-state index contributed by atoms with van der Waals surface area (Å²) in [6, 6.07) is 0. The molecule has 5 heteroatoms. The number of rotatable bonds is 5. The first kappa shape index (κ1) is 10.9. The van der Waals surface area contributed by atoms with E-state index < -0.39 is 17.9 Å². The molecule has 70 valence electrons. The Labute approximate surface area is 69.9 Å². The second-order valence-electron chi connectivity index (χ2n) is 2.59. The van der Waals surface area contributed by atoms with Crippen LogP contribution in [0.2, 0.25) is 0 Å². The van der Waals surface area contributed by atoms with Crippen LogP contribution in [-0.2, 0) is 14.5 Å². The van der Waals surface area contributed by atoms with E-state index in [1.807, 2.05) is 0 Å². The molecule has 2 N–H and O–H groups in total. The van der Waals surface area contributed by atoms with Crippen LogP contribution in [0.15, 0.2) is 0 Å². The minimum Gasteiger partial charge on any atom is -0.481 e. The van der Waals surface area contributed by atoms with Crippen LogP contribution in [0, 0.1) is 5.92 Å². The van der Waals surface area contributed by atoms with Gasteiger partial charge in [0, 0.05) is 6.42 Å². The maximum atomic E-state index is 10.3. The van der Waals surface area contributed by atoms with Gasteiger partial charge in [0.1, 0.15) is 0 Å². The summed E-state index contributed by atoms with van der Waals surface area (Å²) in [5.41, 5.74) is 0. The predicted octanol–water partition coefficient (Wildman–Crippen LogP) is 0.894. The highest BCUT2D eigenvalue weighted by molar-refractivity contribution is 5.70. The third-order valence-electron chi connectivity index (χ3n) is 1.54. The summed E-state index contributed by atoms with van der Waals surface area (Å²) in [5.74, 6) is -2.07. The molecule has 0 spiro atoms. The molecule has 0 aromatic heterocycles. The monoisotopic (exact) mass is 176 g/mol. The van der Waals surface area contributed by atoms with Crippen LogP contribution in [0.1, 0.15) is 26.2 Å². The molecular formula is C7H12O5. The van der Waals surface area contributed by atoms with Gasteiger partial charge in [-0.05, 0) is 12.8 Å². The van der Waals surface area contributed by atoms with Gasteiger partial charge in [-0.3, -0.25) is 4.79 Å². The van der Waals surface area contributed by atoms with Crippen LogP contribution >= 0.6 is 0 Å². The summed E-state index contributed by atoms with van der Waals surface area (Å²) in [4.78, 5) is 24.0. The zero-order valence-corrected chi connectivity index (χ0v) is 6.82. The van der Waals surface area contributed by atoms with Crippen LogP contribution in [0.5, 0.6) is 0 Å².